The molecule has 2 aromatic rings. The summed E-state index contributed by atoms with van der Waals surface area (Å²) >= 11 is 0. The average Bonchev–Trinajstić information content (AvgIpc) is 3.40. The van der Waals surface area contributed by atoms with Crippen molar-refractivity contribution in [1.82, 2.24) is 4.31 Å². The van der Waals surface area contributed by atoms with Gasteiger partial charge in [-0.05, 0) is 61.1 Å². The van der Waals surface area contributed by atoms with Crippen LogP contribution >= 0.6 is 0 Å². The van der Waals surface area contributed by atoms with Crippen molar-refractivity contribution in [3.05, 3.63) is 72.3 Å². The Labute approximate surface area is 209 Å². The van der Waals surface area contributed by atoms with Gasteiger partial charge in [0, 0.05) is 26.8 Å². The number of hydrogen-bond donors (Lipinski definition) is 0. The Morgan fingerprint density at radius 2 is 1.54 bits per heavy atom. The lowest BCUT2D eigenvalue weighted by Gasteiger charge is -2.33. The van der Waals surface area contributed by atoms with Crippen molar-refractivity contribution in [2.45, 2.75) is 56.2 Å². The summed E-state index contributed by atoms with van der Waals surface area (Å²) in [6.07, 6.45) is 3.72. The van der Waals surface area contributed by atoms with E-state index in [0.717, 1.165) is 35.5 Å². The summed E-state index contributed by atoms with van der Waals surface area (Å²) in [5.74, 6) is 1.44. The van der Waals surface area contributed by atoms with Gasteiger partial charge in [-0.15, -0.1) is 6.58 Å². The predicted molar refractivity (Wildman–Crippen MR) is 137 cm³/mol. The van der Waals surface area contributed by atoms with Crippen LogP contribution in [0.4, 0.5) is 0 Å². The third-order valence-corrected chi connectivity index (χ3v) is 8.65. The van der Waals surface area contributed by atoms with Gasteiger partial charge in [-0.25, -0.2) is 8.42 Å². The number of hydrogen-bond acceptors (Lipinski definition) is 6. The molecule has 0 bridgehead atoms. The summed E-state index contributed by atoms with van der Waals surface area (Å²) < 4.78 is 52.1. The van der Waals surface area contributed by atoms with Crippen LogP contribution in [0, 0.1) is 0 Å². The van der Waals surface area contributed by atoms with E-state index in [1.54, 1.807) is 31.7 Å². The van der Waals surface area contributed by atoms with E-state index < -0.39 is 21.4 Å². The Morgan fingerprint density at radius 1 is 1.00 bits per heavy atom. The van der Waals surface area contributed by atoms with Crippen molar-refractivity contribution < 1.29 is 27.4 Å². The van der Waals surface area contributed by atoms with Gasteiger partial charge in [-0.1, -0.05) is 30.3 Å². The third kappa shape index (κ3) is 7.30. The largest absolute Gasteiger partial charge is 0.497 e. The molecule has 0 saturated carbocycles. The SMILES string of the molecule is C=CC[C@H](OC)[C@@H](CC1CCCO1)S(=O)(=O)N(Cc1ccc(OC)cc1)Cc1ccc(OC)cc1. The highest BCUT2D eigenvalue weighted by Crippen LogP contribution is 2.29. The third-order valence-electron chi connectivity index (χ3n) is 6.41. The van der Waals surface area contributed by atoms with E-state index in [-0.39, 0.29) is 19.2 Å². The van der Waals surface area contributed by atoms with Crippen LogP contribution in [0.2, 0.25) is 0 Å². The Balaban J connectivity index is 1.96. The number of methoxy groups -OCH3 is 3. The van der Waals surface area contributed by atoms with E-state index >= 15 is 0 Å². The predicted octanol–water partition coefficient (Wildman–Crippen LogP) is 4.56. The van der Waals surface area contributed by atoms with E-state index in [1.807, 2.05) is 48.5 Å². The van der Waals surface area contributed by atoms with Crippen LogP contribution in [0.5, 0.6) is 11.5 Å². The van der Waals surface area contributed by atoms with Gasteiger partial charge in [0.1, 0.15) is 16.7 Å². The van der Waals surface area contributed by atoms with Crippen LogP contribution in [0.15, 0.2) is 61.2 Å². The van der Waals surface area contributed by atoms with E-state index in [2.05, 4.69) is 6.58 Å². The molecule has 1 saturated heterocycles. The van der Waals surface area contributed by atoms with Gasteiger partial charge in [0.05, 0.1) is 26.4 Å². The first kappa shape index (κ1) is 27.2. The number of rotatable bonds is 14. The van der Waals surface area contributed by atoms with Crippen LogP contribution in [-0.2, 0) is 32.6 Å². The fraction of sp³-hybridized carbons (Fsp3) is 0.481. The highest BCUT2D eigenvalue weighted by molar-refractivity contribution is 7.89. The Morgan fingerprint density at radius 3 is 1.94 bits per heavy atom. The molecule has 8 heteroatoms. The minimum atomic E-state index is -3.79. The minimum absolute atomic E-state index is 0.0962. The Kier molecular flexibility index (Phi) is 10.2. The molecule has 3 rings (SSSR count). The normalized spacial score (nSPS) is 17.8. The summed E-state index contributed by atoms with van der Waals surface area (Å²) in [5.41, 5.74) is 1.74. The minimum Gasteiger partial charge on any atom is -0.497 e. The van der Waals surface area contributed by atoms with Crippen molar-refractivity contribution in [1.29, 1.82) is 0 Å². The molecule has 1 heterocycles. The van der Waals surface area contributed by atoms with Gasteiger partial charge in [-0.3, -0.25) is 0 Å². The highest BCUT2D eigenvalue weighted by Gasteiger charge is 2.40. The van der Waals surface area contributed by atoms with Gasteiger partial charge in [0.2, 0.25) is 10.0 Å². The van der Waals surface area contributed by atoms with E-state index in [1.165, 1.54) is 0 Å². The van der Waals surface area contributed by atoms with E-state index in [4.69, 9.17) is 18.9 Å². The first-order chi connectivity index (χ1) is 16.9. The monoisotopic (exact) mass is 503 g/mol. The van der Waals surface area contributed by atoms with Crippen molar-refractivity contribution in [3.63, 3.8) is 0 Å². The molecule has 192 valence electrons. The molecule has 1 aliphatic heterocycles. The lowest BCUT2D eigenvalue weighted by Crippen LogP contribution is -2.46. The fourth-order valence-electron chi connectivity index (χ4n) is 4.42. The maximum Gasteiger partial charge on any atom is 0.220 e. The van der Waals surface area contributed by atoms with E-state index in [0.29, 0.717) is 19.4 Å². The summed E-state index contributed by atoms with van der Waals surface area (Å²) in [6, 6.07) is 14.9. The maximum absolute atomic E-state index is 14.3. The first-order valence-electron chi connectivity index (χ1n) is 11.9. The number of ether oxygens (including phenoxy) is 4. The van der Waals surface area contributed by atoms with Gasteiger partial charge in [0.25, 0.3) is 0 Å². The molecule has 0 aliphatic carbocycles. The summed E-state index contributed by atoms with van der Waals surface area (Å²) in [5, 5.41) is -0.759. The summed E-state index contributed by atoms with van der Waals surface area (Å²) in [6.45, 7) is 4.93. The summed E-state index contributed by atoms with van der Waals surface area (Å²) in [4.78, 5) is 0. The first-order valence-corrected chi connectivity index (χ1v) is 13.4. The molecular weight excluding hydrogens is 466 g/mol. The molecule has 7 nitrogen and oxygen atoms in total. The topological polar surface area (TPSA) is 74.3 Å². The molecule has 1 aliphatic rings. The average molecular weight is 504 g/mol. The molecule has 0 spiro atoms. The van der Waals surface area contributed by atoms with Crippen LogP contribution in [0.1, 0.15) is 36.8 Å². The van der Waals surface area contributed by atoms with Gasteiger partial charge < -0.3 is 18.9 Å². The Bertz CT molecular complexity index is 967. The van der Waals surface area contributed by atoms with Crippen molar-refractivity contribution in [2.24, 2.45) is 0 Å². The second kappa shape index (κ2) is 13.1. The van der Waals surface area contributed by atoms with Crippen molar-refractivity contribution >= 4 is 10.0 Å². The van der Waals surface area contributed by atoms with E-state index in [9.17, 15) is 8.42 Å². The molecular formula is C27H37NO6S. The zero-order valence-electron chi connectivity index (χ0n) is 20.9. The number of sulfonamides is 1. The fourth-order valence-corrected chi connectivity index (χ4v) is 6.52. The molecule has 0 aromatic heterocycles. The highest BCUT2D eigenvalue weighted by atomic mass is 32.2. The molecule has 0 amide bonds. The van der Waals surface area contributed by atoms with Gasteiger partial charge in [0.15, 0.2) is 0 Å². The van der Waals surface area contributed by atoms with Crippen LogP contribution in [0.3, 0.4) is 0 Å². The van der Waals surface area contributed by atoms with Crippen LogP contribution in [-0.4, -0.2) is 58.1 Å². The molecule has 35 heavy (non-hydrogen) atoms. The number of benzene rings is 2. The van der Waals surface area contributed by atoms with Crippen LogP contribution in [0.25, 0.3) is 0 Å². The smallest absolute Gasteiger partial charge is 0.220 e. The lowest BCUT2D eigenvalue weighted by atomic mass is 10.0. The maximum atomic E-state index is 14.3. The molecule has 0 N–H and O–H groups in total. The van der Waals surface area contributed by atoms with Crippen LogP contribution < -0.4 is 9.47 Å². The Hall–Kier alpha value is -2.39. The number of nitrogens with zero attached hydrogens (tertiary/aromatic N) is 1. The molecule has 3 atom stereocenters. The lowest BCUT2D eigenvalue weighted by molar-refractivity contribution is 0.0617. The molecule has 2 aromatic carbocycles. The van der Waals surface area contributed by atoms with Crippen molar-refractivity contribution in [3.8, 4) is 11.5 Å². The standard InChI is InChI=1S/C27H37NO6S/c1-5-7-26(33-4)27(18-25-8-6-17-34-25)35(29,30)28(19-21-9-13-23(31-2)14-10-21)20-22-11-15-24(32-3)16-12-22/h5,9-16,25-27H,1,6-8,17-20H2,2-4H3/t25?,26-,27+/m0/s1. The molecule has 0 radical (unpaired) electrons. The van der Waals surface area contributed by atoms with Gasteiger partial charge >= 0.3 is 0 Å². The summed E-state index contributed by atoms with van der Waals surface area (Å²) in [7, 11) is 0.979. The molecule has 1 unspecified atom stereocenters. The second-order valence-corrected chi connectivity index (χ2v) is 10.9. The molecule has 1 fully saturated rings. The zero-order chi connectivity index (χ0) is 25.3. The second-order valence-electron chi connectivity index (χ2n) is 8.72. The quantitative estimate of drug-likeness (QED) is 0.352. The zero-order valence-corrected chi connectivity index (χ0v) is 21.7. The van der Waals surface area contributed by atoms with Crippen molar-refractivity contribution in [2.75, 3.05) is 27.9 Å². The van der Waals surface area contributed by atoms with Gasteiger partial charge in [-0.2, -0.15) is 4.31 Å².